The maximum absolute atomic E-state index is 11.7. The van der Waals surface area contributed by atoms with E-state index >= 15 is 0 Å². The zero-order valence-corrected chi connectivity index (χ0v) is 11.4. The number of amides is 1. The first-order chi connectivity index (χ1) is 7.45. The Morgan fingerprint density at radius 3 is 2.56 bits per heavy atom. The molecule has 0 aliphatic carbocycles. The molecular weight excluding hydrogens is 300 g/mol. The summed E-state index contributed by atoms with van der Waals surface area (Å²) in [6.45, 7) is 2.57. The topological polar surface area (TPSA) is 75.7 Å². The monoisotopic (exact) mass is 314 g/mol. The van der Waals surface area contributed by atoms with E-state index < -0.39 is 16.3 Å². The number of rotatable bonds is 3. The fourth-order valence-corrected chi connectivity index (χ4v) is 2.89. The van der Waals surface area contributed by atoms with Gasteiger partial charge in [0, 0.05) is 17.9 Å². The largest absolute Gasteiger partial charge is 0.449 e. The summed E-state index contributed by atoms with van der Waals surface area (Å²) in [5.41, 5.74) is 0. The molecule has 1 rings (SSSR count). The van der Waals surface area contributed by atoms with Gasteiger partial charge in [-0.3, -0.25) is 0 Å². The predicted molar refractivity (Wildman–Crippen MR) is 62.6 cm³/mol. The number of hydrogen-bond donors (Lipinski definition) is 1. The van der Waals surface area contributed by atoms with Gasteiger partial charge in [-0.25, -0.2) is 9.52 Å². The summed E-state index contributed by atoms with van der Waals surface area (Å²) in [5, 5.41) is 0. The fraction of sp³-hybridized carbons (Fsp3) is 0.875. The Bertz CT molecular complexity index is 338. The molecule has 94 valence electrons. The van der Waals surface area contributed by atoms with Crippen LogP contribution in [-0.4, -0.2) is 43.3 Å². The highest BCUT2D eigenvalue weighted by atomic mass is 79.9. The number of ether oxygens (including phenoxy) is 1. The Balaban J connectivity index is 2.54. The lowest BCUT2D eigenvalue weighted by molar-refractivity contribution is 0.158. The van der Waals surface area contributed by atoms with Crippen molar-refractivity contribution in [3.05, 3.63) is 0 Å². The van der Waals surface area contributed by atoms with Crippen molar-refractivity contribution in [1.29, 1.82) is 0 Å². The Labute approximate surface area is 104 Å². The summed E-state index contributed by atoms with van der Waals surface area (Å²) in [7, 11) is -3.74. The van der Waals surface area contributed by atoms with Crippen LogP contribution < -0.4 is 4.72 Å². The highest BCUT2D eigenvalue weighted by molar-refractivity contribution is 9.09. The Hall–Kier alpha value is -0.340. The van der Waals surface area contributed by atoms with Crippen LogP contribution in [0.1, 0.15) is 19.8 Å². The third kappa shape index (κ3) is 3.91. The second-order valence-corrected chi connectivity index (χ2v) is 6.37. The van der Waals surface area contributed by atoms with Crippen molar-refractivity contribution in [3.8, 4) is 0 Å². The molecule has 0 aromatic heterocycles. The lowest BCUT2D eigenvalue weighted by Gasteiger charge is -2.28. The molecule has 1 amide bonds. The van der Waals surface area contributed by atoms with Crippen molar-refractivity contribution >= 4 is 32.2 Å². The molecule has 1 aliphatic heterocycles. The molecule has 8 heteroatoms. The molecule has 0 atom stereocenters. The van der Waals surface area contributed by atoms with Gasteiger partial charge in [-0.05, 0) is 19.8 Å². The number of alkyl halides is 1. The van der Waals surface area contributed by atoms with Crippen LogP contribution in [-0.2, 0) is 14.9 Å². The van der Waals surface area contributed by atoms with Crippen molar-refractivity contribution in [2.45, 2.75) is 24.6 Å². The average Bonchev–Trinajstić information content (AvgIpc) is 2.17. The molecule has 0 unspecified atom stereocenters. The molecule has 1 heterocycles. The van der Waals surface area contributed by atoms with Gasteiger partial charge >= 0.3 is 16.3 Å². The van der Waals surface area contributed by atoms with E-state index in [2.05, 4.69) is 20.7 Å². The van der Waals surface area contributed by atoms with Crippen molar-refractivity contribution in [3.63, 3.8) is 0 Å². The molecule has 0 radical (unpaired) electrons. The van der Waals surface area contributed by atoms with Crippen LogP contribution in [0.5, 0.6) is 0 Å². The van der Waals surface area contributed by atoms with Gasteiger partial charge in [0.05, 0.1) is 6.61 Å². The first-order valence-corrected chi connectivity index (χ1v) is 7.40. The lowest BCUT2D eigenvalue weighted by atomic mass is 10.2. The number of carbonyl (C=O) groups is 1. The predicted octanol–water partition coefficient (Wildman–Crippen LogP) is 0.837. The maximum atomic E-state index is 11.7. The van der Waals surface area contributed by atoms with Crippen molar-refractivity contribution < 1.29 is 17.9 Å². The van der Waals surface area contributed by atoms with E-state index in [1.54, 1.807) is 6.92 Å². The van der Waals surface area contributed by atoms with Gasteiger partial charge in [0.1, 0.15) is 0 Å². The van der Waals surface area contributed by atoms with Gasteiger partial charge in [0.15, 0.2) is 0 Å². The normalized spacial score (nSPS) is 19.4. The van der Waals surface area contributed by atoms with E-state index in [-0.39, 0.29) is 6.61 Å². The smallest absolute Gasteiger partial charge is 0.421 e. The lowest BCUT2D eigenvalue weighted by Crippen LogP contribution is -2.47. The van der Waals surface area contributed by atoms with E-state index in [9.17, 15) is 13.2 Å². The van der Waals surface area contributed by atoms with Gasteiger partial charge < -0.3 is 4.74 Å². The van der Waals surface area contributed by atoms with E-state index in [1.807, 2.05) is 4.72 Å². The van der Waals surface area contributed by atoms with Gasteiger partial charge in [0.25, 0.3) is 0 Å². The molecular formula is C8H15BrN2O4S. The Kier molecular flexibility index (Phi) is 5.00. The standard InChI is InChI=1S/C8H15BrN2O4S/c1-2-15-8(12)10-16(13,14)11-5-3-7(9)4-6-11/h7H,2-6H2,1H3,(H,10,12). The van der Waals surface area contributed by atoms with Crippen LogP contribution in [0, 0.1) is 0 Å². The summed E-state index contributed by atoms with van der Waals surface area (Å²) in [5.74, 6) is 0. The Morgan fingerprint density at radius 2 is 2.06 bits per heavy atom. The minimum absolute atomic E-state index is 0.144. The van der Waals surface area contributed by atoms with E-state index in [0.717, 1.165) is 12.8 Å². The van der Waals surface area contributed by atoms with E-state index in [4.69, 9.17) is 0 Å². The molecule has 1 saturated heterocycles. The van der Waals surface area contributed by atoms with Crippen LogP contribution in [0.2, 0.25) is 0 Å². The number of nitrogens with zero attached hydrogens (tertiary/aromatic N) is 1. The molecule has 0 saturated carbocycles. The van der Waals surface area contributed by atoms with Crippen molar-refractivity contribution in [2.24, 2.45) is 0 Å². The quantitative estimate of drug-likeness (QED) is 0.783. The van der Waals surface area contributed by atoms with Crippen LogP contribution in [0.25, 0.3) is 0 Å². The summed E-state index contributed by atoms with van der Waals surface area (Å²) in [4.78, 5) is 11.4. The summed E-state index contributed by atoms with van der Waals surface area (Å²) >= 11 is 3.42. The minimum Gasteiger partial charge on any atom is -0.449 e. The Morgan fingerprint density at radius 1 is 1.50 bits per heavy atom. The number of carbonyl (C=O) groups excluding carboxylic acids is 1. The number of piperidine rings is 1. The zero-order valence-electron chi connectivity index (χ0n) is 8.98. The van der Waals surface area contributed by atoms with Gasteiger partial charge in [-0.2, -0.15) is 12.7 Å². The third-order valence-electron chi connectivity index (χ3n) is 2.21. The molecule has 16 heavy (non-hydrogen) atoms. The number of nitrogens with one attached hydrogen (secondary N) is 1. The van der Waals surface area contributed by atoms with Crippen LogP contribution >= 0.6 is 15.9 Å². The highest BCUT2D eigenvalue weighted by Gasteiger charge is 2.28. The number of hydrogen-bond acceptors (Lipinski definition) is 4. The molecule has 0 spiro atoms. The summed E-state index contributed by atoms with van der Waals surface area (Å²) < 4.78 is 31.0. The summed E-state index contributed by atoms with van der Waals surface area (Å²) in [6.07, 6.45) is 0.552. The molecule has 0 aromatic rings. The molecule has 0 aromatic carbocycles. The molecule has 0 bridgehead atoms. The first kappa shape index (κ1) is 13.7. The van der Waals surface area contributed by atoms with Crippen LogP contribution in [0.15, 0.2) is 0 Å². The highest BCUT2D eigenvalue weighted by Crippen LogP contribution is 2.18. The fourth-order valence-electron chi connectivity index (χ4n) is 1.40. The zero-order chi connectivity index (χ0) is 12.2. The second-order valence-electron chi connectivity index (χ2n) is 3.40. The van der Waals surface area contributed by atoms with Crippen LogP contribution in [0.3, 0.4) is 0 Å². The summed E-state index contributed by atoms with van der Waals surface area (Å²) in [6, 6.07) is 0. The molecule has 1 N–H and O–H groups in total. The molecule has 6 nitrogen and oxygen atoms in total. The van der Waals surface area contributed by atoms with E-state index in [0.29, 0.717) is 17.9 Å². The first-order valence-electron chi connectivity index (χ1n) is 5.04. The minimum atomic E-state index is -3.74. The maximum Gasteiger partial charge on any atom is 0.421 e. The van der Waals surface area contributed by atoms with Gasteiger partial charge in [-0.1, -0.05) is 15.9 Å². The van der Waals surface area contributed by atoms with Crippen molar-refractivity contribution in [1.82, 2.24) is 9.03 Å². The molecule has 1 fully saturated rings. The van der Waals surface area contributed by atoms with Gasteiger partial charge in [-0.15, -0.1) is 0 Å². The second kappa shape index (κ2) is 5.83. The molecule has 1 aliphatic rings. The van der Waals surface area contributed by atoms with Crippen LogP contribution in [0.4, 0.5) is 4.79 Å². The number of halogens is 1. The average molecular weight is 315 g/mol. The SMILES string of the molecule is CCOC(=O)NS(=O)(=O)N1CCC(Br)CC1. The van der Waals surface area contributed by atoms with Gasteiger partial charge in [0.2, 0.25) is 0 Å². The third-order valence-corrected chi connectivity index (χ3v) is 4.60. The van der Waals surface area contributed by atoms with Crippen molar-refractivity contribution in [2.75, 3.05) is 19.7 Å². The van der Waals surface area contributed by atoms with E-state index in [1.165, 1.54) is 4.31 Å².